The number of rotatable bonds is 5. The first-order chi connectivity index (χ1) is 7.67. The highest BCUT2D eigenvalue weighted by Crippen LogP contribution is 2.06. The molecule has 2 atom stereocenters. The molecule has 2 unspecified atom stereocenters. The van der Waals surface area contributed by atoms with E-state index in [0.717, 1.165) is 5.76 Å². The first kappa shape index (κ1) is 12.3. The van der Waals surface area contributed by atoms with Crippen LogP contribution in [0.4, 0.5) is 0 Å². The van der Waals surface area contributed by atoms with Crippen LogP contribution in [0.2, 0.25) is 0 Å². The number of amides is 1. The van der Waals surface area contributed by atoms with E-state index in [1.807, 2.05) is 32.0 Å². The molecule has 0 radical (unpaired) electrons. The number of furan rings is 1. The predicted molar refractivity (Wildman–Crippen MR) is 59.4 cm³/mol. The molecule has 0 aliphatic rings. The number of nitrogens with zero attached hydrogens (tertiary/aromatic N) is 1. The number of carbonyl (C=O) groups is 1. The monoisotopic (exact) mass is 220 g/mol. The minimum absolute atomic E-state index is 0.0268. The van der Waals surface area contributed by atoms with Gasteiger partial charge in [0.25, 0.3) is 0 Å². The summed E-state index contributed by atoms with van der Waals surface area (Å²) in [6, 6.07) is 5.63. The van der Waals surface area contributed by atoms with Crippen molar-refractivity contribution >= 4 is 5.91 Å². The van der Waals surface area contributed by atoms with E-state index in [-0.39, 0.29) is 11.9 Å². The van der Waals surface area contributed by atoms with Crippen LogP contribution in [0, 0.1) is 17.2 Å². The molecule has 0 bridgehead atoms. The zero-order valence-corrected chi connectivity index (χ0v) is 9.56. The van der Waals surface area contributed by atoms with E-state index < -0.39 is 5.92 Å². The smallest absolute Gasteiger partial charge is 0.237 e. The lowest BCUT2D eigenvalue weighted by atomic mass is 10.1. The van der Waals surface area contributed by atoms with Crippen LogP contribution < -0.4 is 5.32 Å². The second-order valence-electron chi connectivity index (χ2n) is 3.78. The zero-order valence-electron chi connectivity index (χ0n) is 9.56. The molecule has 0 spiro atoms. The Hall–Kier alpha value is -1.76. The van der Waals surface area contributed by atoms with Crippen molar-refractivity contribution in [2.75, 3.05) is 0 Å². The van der Waals surface area contributed by atoms with Crippen molar-refractivity contribution < 1.29 is 9.21 Å². The van der Waals surface area contributed by atoms with E-state index >= 15 is 0 Å². The molecule has 16 heavy (non-hydrogen) atoms. The van der Waals surface area contributed by atoms with Crippen LogP contribution in [0.15, 0.2) is 22.8 Å². The first-order valence-corrected chi connectivity index (χ1v) is 5.39. The van der Waals surface area contributed by atoms with Gasteiger partial charge in [0.1, 0.15) is 11.7 Å². The highest BCUT2D eigenvalue weighted by atomic mass is 16.3. The second kappa shape index (κ2) is 5.96. The van der Waals surface area contributed by atoms with Crippen molar-refractivity contribution in [2.24, 2.45) is 5.92 Å². The number of hydrogen-bond donors (Lipinski definition) is 1. The van der Waals surface area contributed by atoms with Gasteiger partial charge in [0.15, 0.2) is 0 Å². The maximum absolute atomic E-state index is 11.6. The molecule has 1 amide bonds. The summed E-state index contributed by atoms with van der Waals surface area (Å²) in [4.78, 5) is 11.6. The summed E-state index contributed by atoms with van der Waals surface area (Å²) in [5.41, 5.74) is 0. The van der Waals surface area contributed by atoms with E-state index in [4.69, 9.17) is 9.68 Å². The molecule has 0 aliphatic carbocycles. The quantitative estimate of drug-likeness (QED) is 0.823. The summed E-state index contributed by atoms with van der Waals surface area (Å²) < 4.78 is 5.18. The van der Waals surface area contributed by atoms with Crippen LogP contribution in [0.3, 0.4) is 0 Å². The van der Waals surface area contributed by atoms with E-state index in [1.54, 1.807) is 6.26 Å². The number of hydrogen-bond acceptors (Lipinski definition) is 3. The summed E-state index contributed by atoms with van der Waals surface area (Å²) in [6.07, 6.45) is 2.78. The molecule has 1 aromatic rings. The maximum atomic E-state index is 11.6. The summed E-state index contributed by atoms with van der Waals surface area (Å²) in [7, 11) is 0. The van der Waals surface area contributed by atoms with Crippen LogP contribution in [0.25, 0.3) is 0 Å². The highest BCUT2D eigenvalue weighted by Gasteiger charge is 2.17. The first-order valence-electron chi connectivity index (χ1n) is 5.39. The summed E-state index contributed by atoms with van der Waals surface area (Å²) in [5.74, 6) is 0.0703. The van der Waals surface area contributed by atoms with Crippen molar-refractivity contribution in [3.63, 3.8) is 0 Å². The highest BCUT2D eigenvalue weighted by molar-refractivity contribution is 5.81. The minimum atomic E-state index is -0.556. The average Bonchev–Trinajstić information content (AvgIpc) is 2.71. The Labute approximate surface area is 95.2 Å². The van der Waals surface area contributed by atoms with Gasteiger partial charge in [-0.2, -0.15) is 5.26 Å². The van der Waals surface area contributed by atoms with Gasteiger partial charge in [-0.3, -0.25) is 4.79 Å². The molecular formula is C12H16N2O2. The van der Waals surface area contributed by atoms with E-state index in [9.17, 15) is 4.79 Å². The van der Waals surface area contributed by atoms with Crippen LogP contribution in [0.1, 0.15) is 26.0 Å². The Kier molecular flexibility index (Phi) is 4.59. The number of nitriles is 1. The number of nitrogens with one attached hydrogen (secondary N) is 1. The van der Waals surface area contributed by atoms with E-state index in [0.29, 0.717) is 12.8 Å². The third-order valence-electron chi connectivity index (χ3n) is 2.36. The molecule has 4 heteroatoms. The van der Waals surface area contributed by atoms with Gasteiger partial charge in [-0.1, -0.05) is 6.92 Å². The van der Waals surface area contributed by atoms with E-state index in [1.165, 1.54) is 0 Å². The Bertz CT molecular complexity index is 365. The maximum Gasteiger partial charge on any atom is 0.237 e. The standard InChI is InChI=1S/C12H16N2O2/c1-3-10(8-13)12(15)14-9(2)7-11-5-4-6-16-11/h4-6,9-10H,3,7H2,1-2H3,(H,14,15). The Balaban J connectivity index is 2.43. The molecule has 1 aromatic heterocycles. The van der Waals surface area contributed by atoms with Crippen molar-refractivity contribution in [3.05, 3.63) is 24.2 Å². The number of carbonyl (C=O) groups excluding carboxylic acids is 1. The predicted octanol–water partition coefficient (Wildman–Crippen LogP) is 1.88. The van der Waals surface area contributed by atoms with Crippen molar-refractivity contribution in [1.29, 1.82) is 5.26 Å². The van der Waals surface area contributed by atoms with Crippen molar-refractivity contribution in [2.45, 2.75) is 32.7 Å². The molecule has 86 valence electrons. The SMILES string of the molecule is CCC(C#N)C(=O)NC(C)Cc1ccco1. The summed E-state index contributed by atoms with van der Waals surface area (Å²) in [6.45, 7) is 3.72. The van der Waals surface area contributed by atoms with Gasteiger partial charge >= 0.3 is 0 Å². The fraction of sp³-hybridized carbons (Fsp3) is 0.500. The molecule has 1 rings (SSSR count). The Morgan fingerprint density at radius 3 is 2.94 bits per heavy atom. The van der Waals surface area contributed by atoms with Gasteiger partial charge in [-0.15, -0.1) is 0 Å². The van der Waals surface area contributed by atoms with Gasteiger partial charge in [0.05, 0.1) is 12.3 Å². The lowest BCUT2D eigenvalue weighted by Gasteiger charge is -2.14. The minimum Gasteiger partial charge on any atom is -0.469 e. The van der Waals surface area contributed by atoms with Gasteiger partial charge < -0.3 is 9.73 Å². The van der Waals surface area contributed by atoms with Gasteiger partial charge in [-0.25, -0.2) is 0 Å². The molecule has 0 saturated heterocycles. The Morgan fingerprint density at radius 2 is 2.44 bits per heavy atom. The fourth-order valence-corrected chi connectivity index (χ4v) is 1.46. The molecule has 4 nitrogen and oxygen atoms in total. The molecule has 0 aliphatic heterocycles. The largest absolute Gasteiger partial charge is 0.469 e. The molecule has 0 fully saturated rings. The topological polar surface area (TPSA) is 66.0 Å². The second-order valence-corrected chi connectivity index (χ2v) is 3.78. The average molecular weight is 220 g/mol. The molecule has 1 heterocycles. The fourth-order valence-electron chi connectivity index (χ4n) is 1.46. The van der Waals surface area contributed by atoms with Crippen molar-refractivity contribution in [3.8, 4) is 6.07 Å². The molecular weight excluding hydrogens is 204 g/mol. The zero-order chi connectivity index (χ0) is 12.0. The third-order valence-corrected chi connectivity index (χ3v) is 2.36. The Morgan fingerprint density at radius 1 is 1.69 bits per heavy atom. The lowest BCUT2D eigenvalue weighted by molar-refractivity contribution is -0.124. The van der Waals surface area contributed by atoms with Gasteiger partial charge in [0, 0.05) is 12.5 Å². The van der Waals surface area contributed by atoms with E-state index in [2.05, 4.69) is 5.32 Å². The molecule has 1 N–H and O–H groups in total. The van der Waals surface area contributed by atoms with Crippen LogP contribution >= 0.6 is 0 Å². The van der Waals surface area contributed by atoms with Crippen LogP contribution in [-0.4, -0.2) is 11.9 Å². The van der Waals surface area contributed by atoms with Crippen LogP contribution in [0.5, 0.6) is 0 Å². The van der Waals surface area contributed by atoms with Gasteiger partial charge in [-0.05, 0) is 25.5 Å². The third kappa shape index (κ3) is 3.43. The summed E-state index contributed by atoms with van der Waals surface area (Å²) >= 11 is 0. The van der Waals surface area contributed by atoms with Gasteiger partial charge in [0.2, 0.25) is 5.91 Å². The molecule has 0 saturated carbocycles. The lowest BCUT2D eigenvalue weighted by Crippen LogP contribution is -2.37. The normalized spacial score (nSPS) is 13.8. The van der Waals surface area contributed by atoms with Crippen molar-refractivity contribution in [1.82, 2.24) is 5.32 Å². The molecule has 0 aromatic carbocycles. The summed E-state index contributed by atoms with van der Waals surface area (Å²) in [5, 5.41) is 11.5. The van der Waals surface area contributed by atoms with Crippen LogP contribution in [-0.2, 0) is 11.2 Å².